The summed E-state index contributed by atoms with van der Waals surface area (Å²) in [6, 6.07) is 6.21. The van der Waals surface area contributed by atoms with E-state index >= 15 is 0 Å². The Balaban J connectivity index is 2.56. The lowest BCUT2D eigenvalue weighted by Gasteiger charge is -2.05. The molecule has 1 aromatic heterocycles. The summed E-state index contributed by atoms with van der Waals surface area (Å²) in [6.45, 7) is 6.64. The van der Waals surface area contributed by atoms with E-state index in [1.54, 1.807) is 7.11 Å². The van der Waals surface area contributed by atoms with Crippen LogP contribution >= 0.6 is 0 Å². The summed E-state index contributed by atoms with van der Waals surface area (Å²) >= 11 is 0. The molecule has 0 unspecified atom stereocenters. The van der Waals surface area contributed by atoms with Crippen molar-refractivity contribution in [3.05, 3.63) is 29.5 Å². The number of nitrogens with one attached hydrogen (secondary N) is 1. The molecule has 2 nitrogen and oxygen atoms in total. The van der Waals surface area contributed by atoms with Gasteiger partial charge in [0.25, 0.3) is 0 Å². The van der Waals surface area contributed by atoms with Gasteiger partial charge in [0.1, 0.15) is 5.75 Å². The van der Waals surface area contributed by atoms with E-state index < -0.39 is 0 Å². The van der Waals surface area contributed by atoms with Crippen molar-refractivity contribution in [3.8, 4) is 5.75 Å². The predicted molar refractivity (Wildman–Crippen MR) is 68.1 cm³/mol. The number of aryl methyl sites for hydroxylation is 1. The normalized spacial score (nSPS) is 11.3. The van der Waals surface area contributed by atoms with Crippen LogP contribution in [0.4, 0.5) is 0 Å². The molecule has 0 aliphatic heterocycles. The topological polar surface area (TPSA) is 25.0 Å². The van der Waals surface area contributed by atoms with Crippen molar-refractivity contribution in [3.63, 3.8) is 0 Å². The molecule has 0 fully saturated rings. The second-order valence-corrected chi connectivity index (χ2v) is 4.74. The van der Waals surface area contributed by atoms with Crippen LogP contribution in [0.2, 0.25) is 0 Å². The van der Waals surface area contributed by atoms with Gasteiger partial charge in [-0.1, -0.05) is 13.8 Å². The molecule has 2 heteroatoms. The molecule has 1 heterocycles. The second-order valence-electron chi connectivity index (χ2n) is 4.74. The molecule has 1 N–H and O–H groups in total. The first kappa shape index (κ1) is 11.1. The monoisotopic (exact) mass is 217 g/mol. The van der Waals surface area contributed by atoms with E-state index in [-0.39, 0.29) is 0 Å². The Morgan fingerprint density at radius 3 is 2.69 bits per heavy atom. The molecule has 16 heavy (non-hydrogen) atoms. The number of hydrogen-bond donors (Lipinski definition) is 1. The zero-order valence-electron chi connectivity index (χ0n) is 10.4. The van der Waals surface area contributed by atoms with Gasteiger partial charge in [-0.25, -0.2) is 0 Å². The first-order chi connectivity index (χ1) is 7.61. The Hall–Kier alpha value is -1.44. The number of benzene rings is 1. The lowest BCUT2D eigenvalue weighted by molar-refractivity contribution is 0.415. The highest BCUT2D eigenvalue weighted by atomic mass is 16.5. The summed E-state index contributed by atoms with van der Waals surface area (Å²) in [5.74, 6) is 1.60. The van der Waals surface area contributed by atoms with Crippen molar-refractivity contribution < 1.29 is 4.74 Å². The smallest absolute Gasteiger partial charge is 0.119 e. The Labute approximate surface area is 96.6 Å². The van der Waals surface area contributed by atoms with Gasteiger partial charge in [0.05, 0.1) is 7.11 Å². The van der Waals surface area contributed by atoms with E-state index in [4.69, 9.17) is 4.74 Å². The number of H-pyrrole nitrogens is 1. The average Bonchev–Trinajstić information content (AvgIpc) is 2.54. The minimum atomic E-state index is 0.670. The Kier molecular flexibility index (Phi) is 2.90. The van der Waals surface area contributed by atoms with Crippen LogP contribution in [0.3, 0.4) is 0 Å². The third-order valence-electron chi connectivity index (χ3n) is 2.94. The number of aromatic amines is 1. The van der Waals surface area contributed by atoms with Crippen LogP contribution in [0.25, 0.3) is 10.9 Å². The van der Waals surface area contributed by atoms with E-state index in [1.807, 2.05) is 6.07 Å². The molecular weight excluding hydrogens is 198 g/mol. The molecule has 0 saturated heterocycles. The lowest BCUT2D eigenvalue weighted by Crippen LogP contribution is -1.95. The Morgan fingerprint density at radius 1 is 1.31 bits per heavy atom. The molecule has 0 spiro atoms. The molecule has 0 radical (unpaired) electrons. The second kappa shape index (κ2) is 4.20. The highest BCUT2D eigenvalue weighted by Crippen LogP contribution is 2.27. The van der Waals surface area contributed by atoms with Crippen LogP contribution in [0.1, 0.15) is 25.1 Å². The molecule has 0 atom stereocenters. The van der Waals surface area contributed by atoms with Crippen molar-refractivity contribution >= 4 is 10.9 Å². The number of aromatic nitrogens is 1. The molecule has 2 rings (SSSR count). The standard InChI is InChI=1S/C14H19NO/c1-9(2)7-12-10(3)15-14-6-5-11(16-4)8-13(12)14/h5-6,8-9,15H,7H2,1-4H3. The first-order valence-electron chi connectivity index (χ1n) is 5.77. The number of methoxy groups -OCH3 is 1. The summed E-state index contributed by atoms with van der Waals surface area (Å²) in [5, 5.41) is 1.30. The van der Waals surface area contributed by atoms with E-state index in [0.717, 1.165) is 12.2 Å². The molecule has 1 aromatic carbocycles. The molecule has 0 bridgehead atoms. The van der Waals surface area contributed by atoms with Crippen molar-refractivity contribution in [2.45, 2.75) is 27.2 Å². The van der Waals surface area contributed by atoms with Gasteiger partial charge < -0.3 is 9.72 Å². The minimum Gasteiger partial charge on any atom is -0.497 e. The van der Waals surface area contributed by atoms with E-state index in [0.29, 0.717) is 5.92 Å². The molecular formula is C14H19NO. The van der Waals surface area contributed by atoms with Crippen LogP contribution in [0, 0.1) is 12.8 Å². The fraction of sp³-hybridized carbons (Fsp3) is 0.429. The van der Waals surface area contributed by atoms with Crippen molar-refractivity contribution in [2.24, 2.45) is 5.92 Å². The molecule has 0 saturated carbocycles. The van der Waals surface area contributed by atoms with Crippen LogP contribution in [0.5, 0.6) is 5.75 Å². The number of rotatable bonds is 3. The molecule has 2 aromatic rings. The number of fused-ring (bicyclic) bond motifs is 1. The van der Waals surface area contributed by atoms with E-state index in [2.05, 4.69) is 37.9 Å². The van der Waals surface area contributed by atoms with Gasteiger partial charge in [-0.2, -0.15) is 0 Å². The van der Waals surface area contributed by atoms with E-state index in [1.165, 1.54) is 22.2 Å². The molecule has 86 valence electrons. The van der Waals surface area contributed by atoms with Crippen molar-refractivity contribution in [2.75, 3.05) is 7.11 Å². The highest BCUT2D eigenvalue weighted by Gasteiger charge is 2.10. The van der Waals surface area contributed by atoms with Crippen molar-refractivity contribution in [1.29, 1.82) is 0 Å². The van der Waals surface area contributed by atoms with E-state index in [9.17, 15) is 0 Å². The zero-order chi connectivity index (χ0) is 11.7. The zero-order valence-corrected chi connectivity index (χ0v) is 10.4. The van der Waals surface area contributed by atoms with Gasteiger partial charge in [0.15, 0.2) is 0 Å². The lowest BCUT2D eigenvalue weighted by atomic mass is 10.00. The number of ether oxygens (including phenoxy) is 1. The maximum absolute atomic E-state index is 5.28. The Morgan fingerprint density at radius 2 is 2.06 bits per heavy atom. The third kappa shape index (κ3) is 1.92. The summed E-state index contributed by atoms with van der Waals surface area (Å²) < 4.78 is 5.28. The van der Waals surface area contributed by atoms with Gasteiger partial charge in [-0.3, -0.25) is 0 Å². The molecule has 0 aliphatic carbocycles. The predicted octanol–water partition coefficient (Wildman–Crippen LogP) is 3.68. The summed E-state index contributed by atoms with van der Waals surface area (Å²) in [4.78, 5) is 3.43. The van der Waals surface area contributed by atoms with Gasteiger partial charge in [0.2, 0.25) is 0 Å². The van der Waals surface area contributed by atoms with Crippen LogP contribution in [0.15, 0.2) is 18.2 Å². The van der Waals surface area contributed by atoms with Gasteiger partial charge in [0, 0.05) is 16.6 Å². The average molecular weight is 217 g/mol. The fourth-order valence-electron chi connectivity index (χ4n) is 2.16. The minimum absolute atomic E-state index is 0.670. The largest absolute Gasteiger partial charge is 0.497 e. The Bertz CT molecular complexity index is 497. The maximum Gasteiger partial charge on any atom is 0.119 e. The third-order valence-corrected chi connectivity index (χ3v) is 2.94. The van der Waals surface area contributed by atoms with Crippen LogP contribution in [-0.4, -0.2) is 12.1 Å². The maximum atomic E-state index is 5.28. The summed E-state index contributed by atoms with van der Waals surface area (Å²) in [6.07, 6.45) is 1.11. The molecule has 0 aliphatic rings. The number of hydrogen-bond acceptors (Lipinski definition) is 1. The summed E-state index contributed by atoms with van der Waals surface area (Å²) in [5.41, 5.74) is 3.90. The molecule has 0 amide bonds. The van der Waals surface area contributed by atoms with Crippen molar-refractivity contribution in [1.82, 2.24) is 4.98 Å². The van der Waals surface area contributed by atoms with Gasteiger partial charge in [-0.05, 0) is 43.0 Å². The fourth-order valence-corrected chi connectivity index (χ4v) is 2.16. The quantitative estimate of drug-likeness (QED) is 0.833. The van der Waals surface area contributed by atoms with Gasteiger partial charge in [-0.15, -0.1) is 0 Å². The highest BCUT2D eigenvalue weighted by molar-refractivity contribution is 5.86. The van der Waals surface area contributed by atoms with Crippen LogP contribution < -0.4 is 4.74 Å². The first-order valence-corrected chi connectivity index (χ1v) is 5.77. The van der Waals surface area contributed by atoms with Gasteiger partial charge >= 0.3 is 0 Å². The SMILES string of the molecule is COc1ccc2[nH]c(C)c(CC(C)C)c2c1. The summed E-state index contributed by atoms with van der Waals surface area (Å²) in [7, 11) is 1.71. The van der Waals surface area contributed by atoms with Crippen LogP contribution in [-0.2, 0) is 6.42 Å².